The summed E-state index contributed by atoms with van der Waals surface area (Å²) in [4.78, 5) is 0. The Morgan fingerprint density at radius 2 is 1.94 bits per heavy atom. The summed E-state index contributed by atoms with van der Waals surface area (Å²) in [6.07, 6.45) is 0. The second-order valence-electron chi connectivity index (χ2n) is 4.60. The third-order valence-corrected chi connectivity index (χ3v) is 2.85. The van der Waals surface area contributed by atoms with E-state index in [9.17, 15) is 0 Å². The van der Waals surface area contributed by atoms with E-state index in [0.717, 1.165) is 6.61 Å². The second-order valence-corrected chi connectivity index (χ2v) is 4.60. The van der Waals surface area contributed by atoms with Crippen molar-refractivity contribution in [2.45, 2.75) is 39.8 Å². The summed E-state index contributed by atoms with van der Waals surface area (Å²) in [5.41, 5.74) is 4.03. The third-order valence-electron chi connectivity index (χ3n) is 2.85. The zero-order valence-electron chi connectivity index (χ0n) is 11.0. The molecule has 0 bridgehead atoms. The van der Waals surface area contributed by atoms with Gasteiger partial charge in [-0.1, -0.05) is 23.8 Å². The Bertz CT molecular complexity index is 336. The molecule has 2 atom stereocenters. The van der Waals surface area contributed by atoms with Gasteiger partial charge in [-0.2, -0.15) is 0 Å². The molecule has 0 heterocycles. The summed E-state index contributed by atoms with van der Waals surface area (Å²) < 4.78 is 5.13. The number of hydrogen-bond donors (Lipinski definition) is 1. The van der Waals surface area contributed by atoms with Crippen LogP contribution in [0.25, 0.3) is 0 Å². The van der Waals surface area contributed by atoms with Crippen LogP contribution in [0.5, 0.6) is 0 Å². The number of aryl methyl sites for hydroxylation is 2. The standard InChI is InChI=1S/C14H23NO/c1-10-6-7-11(2)14(8-10)13(4)15-12(3)9-16-5/h6-8,12-13,15H,9H2,1-5H3. The molecule has 2 nitrogen and oxygen atoms in total. The zero-order valence-corrected chi connectivity index (χ0v) is 11.0. The molecule has 90 valence electrons. The van der Waals surface area contributed by atoms with Gasteiger partial charge in [0.2, 0.25) is 0 Å². The number of hydrogen-bond acceptors (Lipinski definition) is 2. The summed E-state index contributed by atoms with van der Waals surface area (Å²) in [5, 5.41) is 3.54. The van der Waals surface area contributed by atoms with Crippen molar-refractivity contribution in [3.8, 4) is 0 Å². The molecule has 1 N–H and O–H groups in total. The monoisotopic (exact) mass is 221 g/mol. The number of benzene rings is 1. The molecule has 2 heteroatoms. The van der Waals surface area contributed by atoms with E-state index in [4.69, 9.17) is 4.74 Å². The van der Waals surface area contributed by atoms with Gasteiger partial charge in [0.1, 0.15) is 0 Å². The van der Waals surface area contributed by atoms with Crippen LogP contribution < -0.4 is 5.32 Å². The topological polar surface area (TPSA) is 21.3 Å². The van der Waals surface area contributed by atoms with E-state index in [2.05, 4.69) is 51.2 Å². The first kappa shape index (κ1) is 13.2. The highest BCUT2D eigenvalue weighted by atomic mass is 16.5. The molecule has 0 saturated carbocycles. The van der Waals surface area contributed by atoms with Crippen LogP contribution in [-0.2, 0) is 4.74 Å². The maximum atomic E-state index is 5.13. The van der Waals surface area contributed by atoms with Crippen LogP contribution in [0.3, 0.4) is 0 Å². The number of rotatable bonds is 5. The maximum Gasteiger partial charge on any atom is 0.0613 e. The van der Waals surface area contributed by atoms with Gasteiger partial charge in [0, 0.05) is 19.2 Å². The van der Waals surface area contributed by atoms with Gasteiger partial charge in [-0.3, -0.25) is 0 Å². The van der Waals surface area contributed by atoms with Crippen molar-refractivity contribution in [1.82, 2.24) is 5.32 Å². The van der Waals surface area contributed by atoms with Crippen LogP contribution in [-0.4, -0.2) is 19.8 Å². The Morgan fingerprint density at radius 1 is 1.25 bits per heavy atom. The van der Waals surface area contributed by atoms with E-state index in [1.165, 1.54) is 16.7 Å². The van der Waals surface area contributed by atoms with Gasteiger partial charge in [0.15, 0.2) is 0 Å². The summed E-state index contributed by atoms with van der Waals surface area (Å²) in [7, 11) is 1.74. The summed E-state index contributed by atoms with van der Waals surface area (Å²) in [6.45, 7) is 9.39. The zero-order chi connectivity index (χ0) is 12.1. The number of methoxy groups -OCH3 is 1. The lowest BCUT2D eigenvalue weighted by Gasteiger charge is -2.21. The quantitative estimate of drug-likeness (QED) is 0.825. The molecule has 0 amide bonds. The highest BCUT2D eigenvalue weighted by Crippen LogP contribution is 2.19. The van der Waals surface area contributed by atoms with Gasteiger partial charge in [0.25, 0.3) is 0 Å². The van der Waals surface area contributed by atoms with Gasteiger partial charge in [0.05, 0.1) is 6.61 Å². The summed E-state index contributed by atoms with van der Waals surface area (Å²) >= 11 is 0. The fourth-order valence-electron chi connectivity index (χ4n) is 2.04. The largest absolute Gasteiger partial charge is 0.383 e. The van der Waals surface area contributed by atoms with Gasteiger partial charge >= 0.3 is 0 Å². The van der Waals surface area contributed by atoms with Crippen LogP contribution in [0, 0.1) is 13.8 Å². The highest BCUT2D eigenvalue weighted by molar-refractivity contribution is 5.32. The molecule has 0 fully saturated rings. The van der Waals surface area contributed by atoms with Crippen molar-refractivity contribution in [1.29, 1.82) is 0 Å². The minimum Gasteiger partial charge on any atom is -0.383 e. The van der Waals surface area contributed by atoms with Crippen molar-refractivity contribution < 1.29 is 4.74 Å². The molecule has 0 saturated heterocycles. The Hall–Kier alpha value is -0.860. The number of nitrogens with one attached hydrogen (secondary N) is 1. The predicted molar refractivity (Wildman–Crippen MR) is 68.8 cm³/mol. The molecular formula is C14H23NO. The molecule has 0 aliphatic rings. The molecule has 0 aliphatic heterocycles. The maximum absolute atomic E-state index is 5.13. The van der Waals surface area contributed by atoms with E-state index in [1.54, 1.807) is 7.11 Å². The SMILES string of the molecule is COCC(C)NC(C)c1cc(C)ccc1C. The van der Waals surface area contributed by atoms with Crippen LogP contribution >= 0.6 is 0 Å². The van der Waals surface area contributed by atoms with Crippen molar-refractivity contribution in [3.05, 3.63) is 34.9 Å². The first-order chi connectivity index (χ1) is 7.54. The lowest BCUT2D eigenvalue weighted by molar-refractivity contribution is 0.167. The minimum atomic E-state index is 0.366. The summed E-state index contributed by atoms with van der Waals surface area (Å²) in [5.74, 6) is 0. The molecule has 1 aromatic rings. The molecule has 16 heavy (non-hydrogen) atoms. The van der Waals surface area contributed by atoms with Crippen molar-refractivity contribution in [2.75, 3.05) is 13.7 Å². The Balaban J connectivity index is 2.72. The van der Waals surface area contributed by atoms with Crippen LogP contribution in [0.15, 0.2) is 18.2 Å². The van der Waals surface area contributed by atoms with E-state index >= 15 is 0 Å². The van der Waals surface area contributed by atoms with Crippen molar-refractivity contribution >= 4 is 0 Å². The fraction of sp³-hybridized carbons (Fsp3) is 0.571. The number of ether oxygens (including phenoxy) is 1. The molecule has 0 radical (unpaired) electrons. The van der Waals surface area contributed by atoms with Gasteiger partial charge in [-0.15, -0.1) is 0 Å². The lowest BCUT2D eigenvalue weighted by Crippen LogP contribution is -2.32. The van der Waals surface area contributed by atoms with E-state index < -0.39 is 0 Å². The third kappa shape index (κ3) is 3.62. The first-order valence-corrected chi connectivity index (χ1v) is 5.86. The highest BCUT2D eigenvalue weighted by Gasteiger charge is 2.11. The second kappa shape index (κ2) is 6.02. The Morgan fingerprint density at radius 3 is 2.56 bits per heavy atom. The molecule has 2 unspecified atom stereocenters. The van der Waals surface area contributed by atoms with Gasteiger partial charge in [-0.05, 0) is 38.8 Å². The van der Waals surface area contributed by atoms with Crippen LogP contribution in [0.4, 0.5) is 0 Å². The molecule has 1 rings (SSSR count). The van der Waals surface area contributed by atoms with Crippen LogP contribution in [0.1, 0.15) is 36.6 Å². The average molecular weight is 221 g/mol. The van der Waals surface area contributed by atoms with Crippen molar-refractivity contribution in [3.63, 3.8) is 0 Å². The normalized spacial score (nSPS) is 14.8. The average Bonchev–Trinajstić information content (AvgIpc) is 2.21. The van der Waals surface area contributed by atoms with E-state index in [0.29, 0.717) is 12.1 Å². The fourth-order valence-corrected chi connectivity index (χ4v) is 2.04. The van der Waals surface area contributed by atoms with Crippen LogP contribution in [0.2, 0.25) is 0 Å². The van der Waals surface area contributed by atoms with Crippen molar-refractivity contribution in [2.24, 2.45) is 0 Å². The minimum absolute atomic E-state index is 0.366. The Labute approximate surface area is 99.0 Å². The molecule has 0 aromatic heterocycles. The van der Waals surface area contributed by atoms with Gasteiger partial charge in [-0.25, -0.2) is 0 Å². The lowest BCUT2D eigenvalue weighted by atomic mass is 9.99. The predicted octanol–water partition coefficient (Wildman–Crippen LogP) is 2.99. The van der Waals surface area contributed by atoms with E-state index in [1.807, 2.05) is 0 Å². The smallest absolute Gasteiger partial charge is 0.0613 e. The Kier molecular flexibility index (Phi) is 4.97. The molecule has 0 spiro atoms. The van der Waals surface area contributed by atoms with E-state index in [-0.39, 0.29) is 0 Å². The molecular weight excluding hydrogens is 198 g/mol. The molecule has 0 aliphatic carbocycles. The first-order valence-electron chi connectivity index (χ1n) is 5.86. The summed E-state index contributed by atoms with van der Waals surface area (Å²) in [6, 6.07) is 7.34. The molecule has 1 aromatic carbocycles. The van der Waals surface area contributed by atoms with Gasteiger partial charge < -0.3 is 10.1 Å².